The van der Waals surface area contributed by atoms with Gasteiger partial charge in [-0.3, -0.25) is 0 Å². The maximum Gasteiger partial charge on any atom is 0.261 e. The largest absolute Gasteiger partial charge is 0.384 e. The number of hydrogen-bond donors (Lipinski definition) is 1. The van der Waals surface area contributed by atoms with E-state index >= 15 is 0 Å². The van der Waals surface area contributed by atoms with Crippen LogP contribution in [0.3, 0.4) is 0 Å². The zero-order valence-electron chi connectivity index (χ0n) is 17.2. The number of rotatable bonds is 10. The summed E-state index contributed by atoms with van der Waals surface area (Å²) in [5, 5.41) is 0.0186. The molecule has 30 heavy (non-hydrogen) atoms. The molecule has 2 heterocycles. The summed E-state index contributed by atoms with van der Waals surface area (Å²) < 4.78 is 27.9. The average molecular weight is 425 g/mol. The van der Waals surface area contributed by atoms with Gasteiger partial charge in [0.25, 0.3) is 10.0 Å². The third-order valence-electron chi connectivity index (χ3n) is 4.86. The third-order valence-corrected chi connectivity index (χ3v) is 6.57. The van der Waals surface area contributed by atoms with Crippen molar-refractivity contribution < 1.29 is 8.42 Å². The first kappa shape index (κ1) is 21.9. The lowest BCUT2D eigenvalue weighted by atomic mass is 10.1. The van der Waals surface area contributed by atoms with Gasteiger partial charge in [0.1, 0.15) is 5.82 Å². The van der Waals surface area contributed by atoms with Crippen LogP contribution in [-0.4, -0.2) is 22.7 Å². The second-order valence-electron chi connectivity index (χ2n) is 7.27. The fourth-order valence-corrected chi connectivity index (χ4v) is 4.55. The van der Waals surface area contributed by atoms with Crippen molar-refractivity contribution in [1.82, 2.24) is 14.3 Å². The van der Waals surface area contributed by atoms with Gasteiger partial charge >= 0.3 is 0 Å². The molecule has 0 bridgehead atoms. The molecule has 0 aliphatic heterocycles. The molecule has 1 aromatic carbocycles. The molecule has 0 amide bonds. The highest BCUT2D eigenvalue weighted by atomic mass is 32.2. The zero-order valence-corrected chi connectivity index (χ0v) is 18.1. The molecule has 2 aromatic heterocycles. The number of sulfonamides is 1. The molecular formula is C23H28N4O2S. The van der Waals surface area contributed by atoms with Crippen LogP contribution in [0.2, 0.25) is 0 Å². The highest BCUT2D eigenvalue weighted by Gasteiger charge is 2.26. The molecular weight excluding hydrogens is 396 g/mol. The van der Waals surface area contributed by atoms with Crippen LogP contribution in [0, 0.1) is 0 Å². The van der Waals surface area contributed by atoms with Crippen molar-refractivity contribution in [3.63, 3.8) is 0 Å². The first-order chi connectivity index (χ1) is 14.5. The minimum absolute atomic E-state index is 0.0186. The summed E-state index contributed by atoms with van der Waals surface area (Å²) in [6.07, 6.45) is 6.09. The summed E-state index contributed by atoms with van der Waals surface area (Å²) in [5.74, 6) is 0.360. The van der Waals surface area contributed by atoms with E-state index in [1.807, 2.05) is 12.1 Å². The number of pyridine rings is 2. The summed E-state index contributed by atoms with van der Waals surface area (Å²) in [6.45, 7) is 2.53. The van der Waals surface area contributed by atoms with Crippen LogP contribution in [0.15, 0.2) is 71.9 Å². The molecule has 0 spiro atoms. The molecule has 2 N–H and O–H groups in total. The van der Waals surface area contributed by atoms with Crippen LogP contribution in [0.4, 0.5) is 5.82 Å². The molecule has 0 atom stereocenters. The normalized spacial score (nSPS) is 11.7. The quantitative estimate of drug-likeness (QED) is 0.493. The summed E-state index contributed by atoms with van der Waals surface area (Å²) in [4.78, 5) is 8.32. The number of nitrogens with two attached hydrogens (primary N) is 1. The average Bonchev–Trinajstić information content (AvgIpc) is 2.75. The van der Waals surface area contributed by atoms with Gasteiger partial charge in [0, 0.05) is 12.7 Å². The van der Waals surface area contributed by atoms with Crippen LogP contribution in [0.25, 0.3) is 0 Å². The second-order valence-corrected chi connectivity index (χ2v) is 9.15. The third kappa shape index (κ3) is 5.87. The number of aromatic nitrogens is 2. The van der Waals surface area contributed by atoms with E-state index in [0.29, 0.717) is 11.5 Å². The monoisotopic (exact) mass is 424 g/mol. The summed E-state index contributed by atoms with van der Waals surface area (Å²) in [6, 6.07) is 18.2. The van der Waals surface area contributed by atoms with Crippen molar-refractivity contribution >= 4 is 15.8 Å². The van der Waals surface area contributed by atoms with Gasteiger partial charge in [0.15, 0.2) is 5.03 Å². The van der Waals surface area contributed by atoms with Crippen molar-refractivity contribution in [3.8, 4) is 0 Å². The van der Waals surface area contributed by atoms with E-state index in [9.17, 15) is 8.42 Å². The lowest BCUT2D eigenvalue weighted by molar-refractivity contribution is 0.395. The highest BCUT2D eigenvalue weighted by molar-refractivity contribution is 7.89. The van der Waals surface area contributed by atoms with E-state index < -0.39 is 10.0 Å². The van der Waals surface area contributed by atoms with Gasteiger partial charge < -0.3 is 5.73 Å². The number of anilines is 1. The minimum atomic E-state index is -3.80. The van der Waals surface area contributed by atoms with Crippen molar-refractivity contribution in [1.29, 1.82) is 0 Å². The van der Waals surface area contributed by atoms with E-state index in [-0.39, 0.29) is 18.1 Å². The number of nitrogens with zero attached hydrogens (tertiary/aromatic N) is 3. The molecule has 0 radical (unpaired) electrons. The fraction of sp³-hybridized carbons (Fsp3) is 0.304. The summed E-state index contributed by atoms with van der Waals surface area (Å²) >= 11 is 0. The number of aryl methyl sites for hydroxylation is 1. The Morgan fingerprint density at radius 3 is 2.33 bits per heavy atom. The molecule has 0 unspecified atom stereocenters. The SMILES string of the molecule is CCCCCc1ccc(CN(Cc2cccc(N)n2)S(=O)(=O)c2ccccn2)cc1. The number of nitrogen functional groups attached to an aromatic ring is 1. The molecule has 7 heteroatoms. The van der Waals surface area contributed by atoms with Gasteiger partial charge in [-0.15, -0.1) is 0 Å². The Kier molecular flexibility index (Phi) is 7.54. The molecule has 3 aromatic rings. The van der Waals surface area contributed by atoms with Gasteiger partial charge in [-0.25, -0.2) is 18.4 Å². The second kappa shape index (κ2) is 10.3. The van der Waals surface area contributed by atoms with Gasteiger partial charge in [-0.2, -0.15) is 4.31 Å². The molecule has 0 saturated carbocycles. The van der Waals surface area contributed by atoms with E-state index in [0.717, 1.165) is 18.4 Å². The lowest BCUT2D eigenvalue weighted by Crippen LogP contribution is -2.31. The van der Waals surface area contributed by atoms with E-state index in [2.05, 4.69) is 29.0 Å². The highest BCUT2D eigenvalue weighted by Crippen LogP contribution is 2.20. The van der Waals surface area contributed by atoms with Crippen molar-refractivity contribution in [2.24, 2.45) is 0 Å². The fourth-order valence-electron chi connectivity index (χ4n) is 3.22. The zero-order chi connectivity index (χ0) is 21.4. The molecule has 0 aliphatic rings. The van der Waals surface area contributed by atoms with Crippen LogP contribution in [-0.2, 0) is 29.5 Å². The predicted octanol–water partition coefficient (Wildman–Crippen LogP) is 4.18. The standard InChI is InChI=1S/C23H28N4O2S/c1-2-3-4-8-19-12-14-20(15-13-19)17-27(18-21-9-7-10-22(24)26-21)30(28,29)23-11-5-6-16-25-23/h5-7,9-16H,2-4,8,17-18H2,1H3,(H2,24,26). The number of unbranched alkanes of at least 4 members (excludes halogenated alkanes) is 2. The van der Waals surface area contributed by atoms with Gasteiger partial charge in [-0.1, -0.05) is 56.2 Å². The molecule has 6 nitrogen and oxygen atoms in total. The Morgan fingerprint density at radius 2 is 1.67 bits per heavy atom. The number of hydrogen-bond acceptors (Lipinski definition) is 5. The Labute approximate surface area is 178 Å². The molecule has 0 aliphatic carbocycles. The Morgan fingerprint density at radius 1 is 0.900 bits per heavy atom. The lowest BCUT2D eigenvalue weighted by Gasteiger charge is -2.22. The van der Waals surface area contributed by atoms with E-state index in [1.54, 1.807) is 30.3 Å². The smallest absolute Gasteiger partial charge is 0.261 e. The first-order valence-electron chi connectivity index (χ1n) is 10.2. The molecule has 3 rings (SSSR count). The first-order valence-corrected chi connectivity index (χ1v) is 11.6. The van der Waals surface area contributed by atoms with Gasteiger partial charge in [0.2, 0.25) is 0 Å². The molecule has 0 fully saturated rings. The molecule has 158 valence electrons. The van der Waals surface area contributed by atoms with Crippen molar-refractivity contribution in [3.05, 3.63) is 83.7 Å². The Hall–Kier alpha value is -2.77. The maximum absolute atomic E-state index is 13.3. The van der Waals surface area contributed by atoms with Crippen molar-refractivity contribution in [2.75, 3.05) is 5.73 Å². The summed E-state index contributed by atoms with van der Waals surface area (Å²) in [5.41, 5.74) is 8.55. The van der Waals surface area contributed by atoms with Crippen LogP contribution < -0.4 is 5.73 Å². The minimum Gasteiger partial charge on any atom is -0.384 e. The van der Waals surface area contributed by atoms with Crippen LogP contribution in [0.5, 0.6) is 0 Å². The van der Waals surface area contributed by atoms with Gasteiger partial charge in [0.05, 0.1) is 12.2 Å². The van der Waals surface area contributed by atoms with Gasteiger partial charge in [-0.05, 0) is 48.2 Å². The Bertz CT molecular complexity index is 1040. The topological polar surface area (TPSA) is 89.2 Å². The summed E-state index contributed by atoms with van der Waals surface area (Å²) in [7, 11) is -3.80. The predicted molar refractivity (Wildman–Crippen MR) is 119 cm³/mol. The Balaban J connectivity index is 1.84. The maximum atomic E-state index is 13.3. The van der Waals surface area contributed by atoms with Crippen molar-refractivity contribution in [2.45, 2.75) is 50.7 Å². The van der Waals surface area contributed by atoms with E-state index in [4.69, 9.17) is 5.73 Å². The van der Waals surface area contributed by atoms with Crippen LogP contribution in [0.1, 0.15) is 43.0 Å². The molecule has 0 saturated heterocycles. The number of benzene rings is 1. The van der Waals surface area contributed by atoms with Crippen LogP contribution >= 0.6 is 0 Å². The van der Waals surface area contributed by atoms with E-state index in [1.165, 1.54) is 35.0 Å².